The van der Waals surface area contributed by atoms with E-state index in [0.717, 1.165) is 6.26 Å². The van der Waals surface area contributed by atoms with Gasteiger partial charge < -0.3 is 19.9 Å². The molecule has 0 aromatic rings. The number of esters is 2. The predicted octanol–water partition coefficient (Wildman–Crippen LogP) is -0.200. The molecule has 2 aliphatic heterocycles. The lowest BCUT2D eigenvalue weighted by atomic mass is 9.82. The van der Waals surface area contributed by atoms with Crippen LogP contribution in [0.4, 0.5) is 0 Å². The average Bonchev–Trinajstić information content (AvgIpc) is 2.89. The number of carbonyl (C=O) groups excluding carboxylic acids is 3. The van der Waals surface area contributed by atoms with Crippen LogP contribution in [0.1, 0.15) is 20.8 Å². The zero-order valence-electron chi connectivity index (χ0n) is 12.5. The molecule has 0 radical (unpaired) electrons. The number of rotatable bonds is 2. The largest absolute Gasteiger partial charge is 0.454 e. The van der Waals surface area contributed by atoms with Crippen molar-refractivity contribution in [2.24, 2.45) is 11.8 Å². The van der Waals surface area contributed by atoms with Gasteiger partial charge in [-0.15, -0.1) is 0 Å². The lowest BCUT2D eigenvalue weighted by molar-refractivity contribution is -0.170. The maximum absolute atomic E-state index is 12.0. The van der Waals surface area contributed by atoms with Gasteiger partial charge in [-0.1, -0.05) is 6.08 Å². The Kier molecular flexibility index (Phi) is 3.14. The highest BCUT2D eigenvalue weighted by atomic mass is 16.6. The highest BCUT2D eigenvalue weighted by molar-refractivity contribution is 6.00. The number of aliphatic hydroxyl groups is 1. The van der Waals surface area contributed by atoms with Gasteiger partial charge in [-0.25, -0.2) is 4.79 Å². The van der Waals surface area contributed by atoms with E-state index in [2.05, 4.69) is 5.32 Å². The number of ether oxygens (including phenoxy) is 2. The Morgan fingerprint density at radius 3 is 2.82 bits per heavy atom. The summed E-state index contributed by atoms with van der Waals surface area (Å²) in [6.07, 6.45) is 1.69. The zero-order chi connectivity index (χ0) is 16.2. The number of allylic oxidation sites excluding steroid dienone is 1. The molecule has 7 nitrogen and oxygen atoms in total. The summed E-state index contributed by atoms with van der Waals surface area (Å²) in [5.74, 6) is -3.08. The molecule has 0 spiro atoms. The number of nitrogens with one attached hydrogen (secondary N) is 1. The molecule has 1 saturated heterocycles. The molecular formula is C15H17NO6. The summed E-state index contributed by atoms with van der Waals surface area (Å²) in [6.45, 7) is 4.71. The lowest BCUT2D eigenvalue weighted by Gasteiger charge is -2.32. The smallest absolute Gasteiger partial charge is 0.333 e. The second-order valence-electron chi connectivity index (χ2n) is 6.04. The van der Waals surface area contributed by atoms with Crippen LogP contribution in [0.15, 0.2) is 23.5 Å². The van der Waals surface area contributed by atoms with Crippen LogP contribution >= 0.6 is 0 Å². The Balaban J connectivity index is 1.99. The molecule has 22 heavy (non-hydrogen) atoms. The fraction of sp³-hybridized carbons (Fsp3) is 0.533. The van der Waals surface area contributed by atoms with Crippen molar-refractivity contribution in [2.75, 3.05) is 0 Å². The second-order valence-corrected chi connectivity index (χ2v) is 6.04. The predicted molar refractivity (Wildman–Crippen MR) is 73.0 cm³/mol. The van der Waals surface area contributed by atoms with Crippen molar-refractivity contribution < 1.29 is 29.0 Å². The minimum Gasteiger partial charge on any atom is -0.454 e. The van der Waals surface area contributed by atoms with Crippen LogP contribution in [0.5, 0.6) is 0 Å². The molecular weight excluding hydrogens is 290 g/mol. The molecule has 3 aliphatic rings. The van der Waals surface area contributed by atoms with Crippen molar-refractivity contribution in [2.45, 2.75) is 38.5 Å². The van der Waals surface area contributed by atoms with E-state index in [-0.39, 0.29) is 5.91 Å². The van der Waals surface area contributed by atoms with Crippen molar-refractivity contribution in [3.05, 3.63) is 23.5 Å². The first-order chi connectivity index (χ1) is 10.3. The summed E-state index contributed by atoms with van der Waals surface area (Å²) in [6, 6.07) is -0.639. The molecule has 2 fully saturated rings. The van der Waals surface area contributed by atoms with Crippen molar-refractivity contribution in [1.29, 1.82) is 0 Å². The van der Waals surface area contributed by atoms with E-state index >= 15 is 0 Å². The van der Waals surface area contributed by atoms with Gasteiger partial charge in [0.25, 0.3) is 5.91 Å². The lowest BCUT2D eigenvalue weighted by Crippen LogP contribution is -2.51. The first kappa shape index (κ1) is 14.8. The second kappa shape index (κ2) is 4.67. The molecule has 1 aliphatic carbocycles. The Morgan fingerprint density at radius 1 is 1.50 bits per heavy atom. The maximum atomic E-state index is 12.0. The minimum absolute atomic E-state index is 0.302. The third-order valence-electron chi connectivity index (χ3n) is 4.74. The van der Waals surface area contributed by atoms with Gasteiger partial charge in [0.2, 0.25) is 0 Å². The molecule has 1 saturated carbocycles. The third kappa shape index (κ3) is 1.81. The van der Waals surface area contributed by atoms with Crippen LogP contribution in [-0.2, 0) is 23.9 Å². The van der Waals surface area contributed by atoms with Crippen LogP contribution in [0.25, 0.3) is 0 Å². The number of hydrogen-bond donors (Lipinski definition) is 2. The summed E-state index contributed by atoms with van der Waals surface area (Å²) >= 11 is 0. The molecule has 7 heteroatoms. The van der Waals surface area contributed by atoms with Gasteiger partial charge in [-0.2, -0.15) is 0 Å². The summed E-state index contributed by atoms with van der Waals surface area (Å²) in [5, 5.41) is 13.4. The molecule has 3 rings (SSSR count). The van der Waals surface area contributed by atoms with Crippen molar-refractivity contribution >= 4 is 17.8 Å². The maximum Gasteiger partial charge on any atom is 0.333 e. The van der Waals surface area contributed by atoms with Gasteiger partial charge in [0.1, 0.15) is 11.9 Å². The number of carbonyl (C=O) groups is 3. The minimum atomic E-state index is -1.62. The molecule has 0 unspecified atom stereocenters. The van der Waals surface area contributed by atoms with E-state index in [0.29, 0.717) is 11.1 Å². The quantitative estimate of drug-likeness (QED) is 0.541. The number of amides is 1. The van der Waals surface area contributed by atoms with Crippen molar-refractivity contribution in [3.63, 3.8) is 0 Å². The van der Waals surface area contributed by atoms with E-state index in [4.69, 9.17) is 9.47 Å². The molecule has 0 aromatic carbocycles. The fourth-order valence-electron chi connectivity index (χ4n) is 3.46. The van der Waals surface area contributed by atoms with Gasteiger partial charge in [-0.05, 0) is 20.8 Å². The molecule has 118 valence electrons. The molecule has 2 N–H and O–H groups in total. The molecule has 2 heterocycles. The standard InChI is InChI=1S/C15H17NO6/c1-4-6(2)13(18)22-11-10-8-7(12(17)16-10)5-21-14(19)9(8)15(11,3)20/h4-5,8-11,20H,1-3H3,(H,16,17)/t8-,9-,10+,11+,15-/m1/s1. The Bertz CT molecular complexity index is 632. The van der Waals surface area contributed by atoms with Gasteiger partial charge in [0.05, 0.1) is 17.5 Å². The highest BCUT2D eigenvalue weighted by Gasteiger charge is 2.68. The SMILES string of the molecule is CC=C(C)C(=O)O[C@H]1[C@H]2NC(=O)C3=COC(=O)[C@@H]([C@@H]32)[C@@]1(C)O. The van der Waals surface area contributed by atoms with Crippen LogP contribution in [0, 0.1) is 11.8 Å². The normalized spacial score (nSPS) is 39.8. The topological polar surface area (TPSA) is 102 Å². The highest BCUT2D eigenvalue weighted by Crippen LogP contribution is 2.50. The summed E-state index contributed by atoms with van der Waals surface area (Å²) < 4.78 is 10.3. The summed E-state index contributed by atoms with van der Waals surface area (Å²) in [7, 11) is 0. The first-order valence-electron chi connectivity index (χ1n) is 7.06. The van der Waals surface area contributed by atoms with Gasteiger partial charge in [0.15, 0.2) is 6.10 Å². The fourth-order valence-corrected chi connectivity index (χ4v) is 3.46. The number of cyclic esters (lactones) is 1. The summed E-state index contributed by atoms with van der Waals surface area (Å²) in [4.78, 5) is 36.0. The van der Waals surface area contributed by atoms with Crippen molar-refractivity contribution in [1.82, 2.24) is 5.32 Å². The van der Waals surface area contributed by atoms with Crippen LogP contribution in [0.2, 0.25) is 0 Å². The van der Waals surface area contributed by atoms with E-state index < -0.39 is 41.5 Å². The van der Waals surface area contributed by atoms with E-state index in [1.54, 1.807) is 19.9 Å². The van der Waals surface area contributed by atoms with Crippen molar-refractivity contribution in [3.8, 4) is 0 Å². The van der Waals surface area contributed by atoms with E-state index in [9.17, 15) is 19.5 Å². The Morgan fingerprint density at radius 2 is 2.18 bits per heavy atom. The van der Waals surface area contributed by atoms with Gasteiger partial charge >= 0.3 is 11.9 Å². The van der Waals surface area contributed by atoms with Gasteiger partial charge in [-0.3, -0.25) is 9.59 Å². The monoisotopic (exact) mass is 307 g/mol. The van der Waals surface area contributed by atoms with Crippen LogP contribution < -0.4 is 5.32 Å². The average molecular weight is 307 g/mol. The van der Waals surface area contributed by atoms with Gasteiger partial charge in [0, 0.05) is 11.5 Å². The molecule has 0 aromatic heterocycles. The van der Waals surface area contributed by atoms with Crippen LogP contribution in [0.3, 0.4) is 0 Å². The molecule has 0 bridgehead atoms. The molecule has 1 amide bonds. The Labute approximate surface area is 127 Å². The first-order valence-corrected chi connectivity index (χ1v) is 7.06. The zero-order valence-corrected chi connectivity index (χ0v) is 12.5. The molecule has 5 atom stereocenters. The van der Waals surface area contributed by atoms with Crippen LogP contribution in [-0.4, -0.2) is 40.7 Å². The van der Waals surface area contributed by atoms with E-state index in [1.165, 1.54) is 6.92 Å². The Hall–Kier alpha value is -2.15. The van der Waals surface area contributed by atoms with E-state index in [1.807, 2.05) is 0 Å². The summed E-state index contributed by atoms with van der Waals surface area (Å²) in [5.41, 5.74) is -0.937. The number of hydrogen-bond acceptors (Lipinski definition) is 6. The third-order valence-corrected chi connectivity index (χ3v) is 4.74.